The van der Waals surface area contributed by atoms with E-state index in [-0.39, 0.29) is 29.6 Å². The van der Waals surface area contributed by atoms with Crippen LogP contribution in [0, 0.1) is 5.92 Å². The minimum absolute atomic E-state index is 0.0964. The second-order valence-corrected chi connectivity index (χ2v) is 9.90. The topological polar surface area (TPSA) is 65.5 Å². The molecule has 2 unspecified atom stereocenters. The molecule has 2 heterocycles. The van der Waals surface area contributed by atoms with Crippen LogP contribution in [0.25, 0.3) is 0 Å². The molecule has 1 aliphatic heterocycles. The summed E-state index contributed by atoms with van der Waals surface area (Å²) in [5, 5.41) is 12.9. The predicted molar refractivity (Wildman–Crippen MR) is 131 cm³/mol. The van der Waals surface area contributed by atoms with Crippen LogP contribution in [0.2, 0.25) is 0 Å². The zero-order valence-electron chi connectivity index (χ0n) is 21.1. The molecule has 2 aromatic carbocycles. The van der Waals surface area contributed by atoms with Gasteiger partial charge in [-0.05, 0) is 52.9 Å². The molecule has 1 amide bonds. The second-order valence-electron chi connectivity index (χ2n) is 9.90. The number of alkyl halides is 6. The number of hydrogen-bond donors (Lipinski definition) is 2. The van der Waals surface area contributed by atoms with E-state index in [0.29, 0.717) is 13.1 Å². The molecule has 0 saturated heterocycles. The smallest absolute Gasteiger partial charge is 0.387 e. The molecule has 2 atom stereocenters. The third-order valence-electron chi connectivity index (χ3n) is 6.69. The largest absolute Gasteiger partial charge is 0.416 e. The number of amides is 1. The van der Waals surface area contributed by atoms with Gasteiger partial charge in [-0.3, -0.25) is 14.7 Å². The van der Waals surface area contributed by atoms with Gasteiger partial charge in [-0.2, -0.15) is 26.3 Å². The maximum atomic E-state index is 12.9. The summed E-state index contributed by atoms with van der Waals surface area (Å²) in [7, 11) is 0. The van der Waals surface area contributed by atoms with Crippen molar-refractivity contribution in [3.63, 3.8) is 0 Å². The normalized spacial score (nSPS) is 16.8. The Balaban J connectivity index is 1.42. The van der Waals surface area contributed by atoms with Gasteiger partial charge in [0, 0.05) is 25.8 Å². The fraction of sp³-hybridized carbons (Fsp3) is 0.357. The van der Waals surface area contributed by atoms with E-state index in [9.17, 15) is 36.2 Å². The number of aromatic nitrogens is 1. The van der Waals surface area contributed by atoms with Crippen molar-refractivity contribution in [2.45, 2.75) is 51.4 Å². The third kappa shape index (κ3) is 6.59. The van der Waals surface area contributed by atoms with Gasteiger partial charge in [0.15, 0.2) is 0 Å². The van der Waals surface area contributed by atoms with Crippen LogP contribution in [0.3, 0.4) is 0 Å². The molecular weight excluding hydrogens is 524 g/mol. The van der Waals surface area contributed by atoms with Gasteiger partial charge in [0.25, 0.3) is 5.91 Å². The number of fused-ring (bicyclic) bond motifs is 1. The summed E-state index contributed by atoms with van der Waals surface area (Å²) in [5.74, 6) is -0.356. The van der Waals surface area contributed by atoms with Crippen molar-refractivity contribution >= 4 is 5.91 Å². The molecule has 0 radical (unpaired) electrons. The molecule has 0 fully saturated rings. The summed E-state index contributed by atoms with van der Waals surface area (Å²) in [6.45, 7) is 4.67. The van der Waals surface area contributed by atoms with E-state index in [0.717, 1.165) is 53.2 Å². The molecule has 4 rings (SSSR count). The average molecular weight is 552 g/mol. The van der Waals surface area contributed by atoms with Gasteiger partial charge >= 0.3 is 12.4 Å². The molecule has 0 bridgehead atoms. The molecule has 39 heavy (non-hydrogen) atoms. The third-order valence-corrected chi connectivity index (χ3v) is 6.69. The Hall–Kier alpha value is -3.44. The van der Waals surface area contributed by atoms with E-state index in [1.165, 1.54) is 18.3 Å². The number of benzene rings is 2. The van der Waals surface area contributed by atoms with Crippen LogP contribution in [0.5, 0.6) is 0 Å². The molecule has 3 aromatic rings. The SMILES string of the molecule is CC(C)C1c2ncc(C(=O)NCC(O)c3ccc(C(F)(F)F)cc3)cc2CN1Cc1ccc(C(F)(F)F)cc1. The molecule has 2 N–H and O–H groups in total. The molecule has 1 aliphatic rings. The highest BCUT2D eigenvalue weighted by Crippen LogP contribution is 2.39. The molecular formula is C28H27F6N3O2. The number of aliphatic hydroxyl groups is 1. The Bertz CT molecular complexity index is 1300. The van der Waals surface area contributed by atoms with Crippen LogP contribution >= 0.6 is 0 Å². The summed E-state index contributed by atoms with van der Waals surface area (Å²) >= 11 is 0. The van der Waals surface area contributed by atoms with E-state index >= 15 is 0 Å². The number of carbonyl (C=O) groups excluding carboxylic acids is 1. The monoisotopic (exact) mass is 551 g/mol. The minimum atomic E-state index is -4.49. The number of hydrogen-bond acceptors (Lipinski definition) is 4. The van der Waals surface area contributed by atoms with Crippen molar-refractivity contribution in [3.8, 4) is 0 Å². The first-order valence-corrected chi connectivity index (χ1v) is 12.3. The number of pyridine rings is 1. The van der Waals surface area contributed by atoms with Crippen LogP contribution < -0.4 is 5.32 Å². The molecule has 11 heteroatoms. The van der Waals surface area contributed by atoms with Crippen molar-refractivity contribution < 1.29 is 36.2 Å². The summed E-state index contributed by atoms with van der Waals surface area (Å²) < 4.78 is 77.0. The van der Waals surface area contributed by atoms with Gasteiger partial charge in [-0.25, -0.2) is 0 Å². The molecule has 1 aromatic heterocycles. The Morgan fingerprint density at radius 1 is 1.00 bits per heavy atom. The molecule has 0 aliphatic carbocycles. The standard InChI is InChI=1S/C28H27F6N3O2/c1-16(2)25-24-20(15-37(25)14-17-3-7-21(8-4-17)27(29,30)31)11-19(12-35-24)26(39)36-13-23(38)18-5-9-22(10-6-18)28(32,33)34/h3-12,16,23,25,38H,13-15H2,1-2H3,(H,36,39). The number of rotatable bonds is 7. The average Bonchev–Trinajstić information content (AvgIpc) is 3.23. The first-order chi connectivity index (χ1) is 18.2. The quantitative estimate of drug-likeness (QED) is 0.339. The van der Waals surface area contributed by atoms with Crippen LogP contribution in [0.15, 0.2) is 60.8 Å². The Morgan fingerprint density at radius 3 is 2.10 bits per heavy atom. The van der Waals surface area contributed by atoms with E-state index in [1.54, 1.807) is 6.07 Å². The Kier molecular flexibility index (Phi) is 8.04. The van der Waals surface area contributed by atoms with Gasteiger partial charge < -0.3 is 10.4 Å². The van der Waals surface area contributed by atoms with Crippen molar-refractivity contribution in [2.75, 3.05) is 6.54 Å². The number of nitrogens with zero attached hydrogens (tertiary/aromatic N) is 2. The van der Waals surface area contributed by atoms with Crippen LogP contribution in [-0.2, 0) is 25.4 Å². The zero-order chi connectivity index (χ0) is 28.5. The van der Waals surface area contributed by atoms with Crippen LogP contribution in [0.4, 0.5) is 26.3 Å². The highest BCUT2D eigenvalue weighted by molar-refractivity contribution is 5.94. The van der Waals surface area contributed by atoms with Gasteiger partial charge in [0.05, 0.1) is 34.5 Å². The maximum Gasteiger partial charge on any atom is 0.416 e. The minimum Gasteiger partial charge on any atom is -0.387 e. The van der Waals surface area contributed by atoms with Crippen molar-refractivity contribution in [3.05, 3.63) is 99.9 Å². The lowest BCUT2D eigenvalue weighted by molar-refractivity contribution is -0.138. The van der Waals surface area contributed by atoms with Crippen molar-refractivity contribution in [1.82, 2.24) is 15.2 Å². The van der Waals surface area contributed by atoms with Crippen molar-refractivity contribution in [1.29, 1.82) is 0 Å². The first kappa shape index (κ1) is 28.6. The highest BCUT2D eigenvalue weighted by Gasteiger charge is 2.35. The lowest BCUT2D eigenvalue weighted by Gasteiger charge is -2.27. The number of nitrogens with one attached hydrogen (secondary N) is 1. The zero-order valence-corrected chi connectivity index (χ0v) is 21.1. The van der Waals surface area contributed by atoms with Crippen LogP contribution in [0.1, 0.15) is 69.9 Å². The lowest BCUT2D eigenvalue weighted by atomic mass is 9.99. The molecule has 5 nitrogen and oxygen atoms in total. The summed E-state index contributed by atoms with van der Waals surface area (Å²) in [5.41, 5.74) is 1.27. The molecule has 208 valence electrons. The summed E-state index contributed by atoms with van der Waals surface area (Å²) in [4.78, 5) is 19.4. The van der Waals surface area contributed by atoms with Gasteiger partial charge in [0.1, 0.15) is 0 Å². The van der Waals surface area contributed by atoms with E-state index in [4.69, 9.17) is 0 Å². The van der Waals surface area contributed by atoms with Gasteiger partial charge in [-0.15, -0.1) is 0 Å². The number of aliphatic hydroxyl groups excluding tert-OH is 1. The maximum absolute atomic E-state index is 12.9. The van der Waals surface area contributed by atoms with E-state index in [1.807, 2.05) is 13.8 Å². The number of carbonyl (C=O) groups is 1. The fourth-order valence-corrected chi connectivity index (χ4v) is 4.76. The second kappa shape index (κ2) is 11.0. The fourth-order valence-electron chi connectivity index (χ4n) is 4.76. The first-order valence-electron chi connectivity index (χ1n) is 12.3. The molecule has 0 spiro atoms. The molecule has 0 saturated carbocycles. The van der Waals surface area contributed by atoms with Crippen LogP contribution in [-0.4, -0.2) is 27.4 Å². The van der Waals surface area contributed by atoms with Gasteiger partial charge in [-0.1, -0.05) is 38.1 Å². The van der Waals surface area contributed by atoms with Gasteiger partial charge in [0.2, 0.25) is 0 Å². The van der Waals surface area contributed by atoms with E-state index in [2.05, 4.69) is 15.2 Å². The lowest BCUT2D eigenvalue weighted by Crippen LogP contribution is -2.28. The number of halogens is 6. The summed E-state index contributed by atoms with van der Waals surface area (Å²) in [6.07, 6.45) is -8.67. The Labute approximate surface area is 221 Å². The highest BCUT2D eigenvalue weighted by atomic mass is 19.4. The Morgan fingerprint density at radius 2 is 1.56 bits per heavy atom. The predicted octanol–water partition coefficient (Wildman–Crippen LogP) is 6.30. The van der Waals surface area contributed by atoms with E-state index < -0.39 is 35.5 Å². The summed E-state index contributed by atoms with van der Waals surface area (Å²) in [6, 6.07) is 10.7. The van der Waals surface area contributed by atoms with Crippen molar-refractivity contribution in [2.24, 2.45) is 5.92 Å².